The number of alkyl halides is 5. The van der Waals surface area contributed by atoms with Crippen molar-refractivity contribution in [3.05, 3.63) is 47.5 Å². The van der Waals surface area contributed by atoms with Crippen LogP contribution in [0.3, 0.4) is 0 Å². The summed E-state index contributed by atoms with van der Waals surface area (Å²) in [4.78, 5) is 30.3. The number of benzene rings is 1. The second kappa shape index (κ2) is 12.4. The number of amides is 1. The molecule has 230 valence electrons. The van der Waals surface area contributed by atoms with Crippen LogP contribution in [-0.2, 0) is 11.0 Å². The van der Waals surface area contributed by atoms with Crippen LogP contribution < -0.4 is 15.4 Å². The third-order valence-corrected chi connectivity index (χ3v) is 7.88. The Bertz CT molecular complexity index is 1520. The molecule has 3 aromatic rings. The average molecular weight is 626 g/mol. The van der Waals surface area contributed by atoms with Gasteiger partial charge in [-0.15, -0.1) is 0 Å². The van der Waals surface area contributed by atoms with Crippen LogP contribution in [-0.4, -0.2) is 89.0 Å². The van der Waals surface area contributed by atoms with Crippen molar-refractivity contribution < 1.29 is 31.5 Å². The summed E-state index contributed by atoms with van der Waals surface area (Å²) >= 11 is 6.57. The van der Waals surface area contributed by atoms with E-state index < -0.39 is 23.9 Å². The third-order valence-electron chi connectivity index (χ3n) is 7.56. The summed E-state index contributed by atoms with van der Waals surface area (Å²) in [6, 6.07) is 4.42. The highest BCUT2D eigenvalue weighted by Gasteiger charge is 2.35. The van der Waals surface area contributed by atoms with Crippen LogP contribution in [0.2, 0.25) is 5.02 Å². The fourth-order valence-electron chi connectivity index (χ4n) is 5.45. The van der Waals surface area contributed by atoms with E-state index in [1.807, 2.05) is 4.90 Å². The Kier molecular flexibility index (Phi) is 8.88. The summed E-state index contributed by atoms with van der Waals surface area (Å²) in [5.41, 5.74) is 4.47. The zero-order valence-electron chi connectivity index (χ0n) is 23.0. The van der Waals surface area contributed by atoms with Gasteiger partial charge < -0.3 is 20.3 Å². The van der Waals surface area contributed by atoms with Crippen LogP contribution in [0.25, 0.3) is 22.2 Å². The van der Waals surface area contributed by atoms with E-state index in [0.717, 1.165) is 18.6 Å². The van der Waals surface area contributed by atoms with Gasteiger partial charge in [0.05, 0.1) is 28.3 Å². The minimum absolute atomic E-state index is 0.0244. The SMILES string of the molecule is C=CC(=O)N1CCN(c2nc(OC[C@H]3CCCN3CC(F)F)nc3cc(-c4nc(N)ccc4C(F)(F)F)c(Cl)cc23)CC1. The highest BCUT2D eigenvalue weighted by atomic mass is 35.5. The number of anilines is 2. The van der Waals surface area contributed by atoms with Gasteiger partial charge in [0.1, 0.15) is 18.2 Å². The lowest BCUT2D eigenvalue weighted by Gasteiger charge is -2.35. The maximum absolute atomic E-state index is 13.9. The molecule has 15 heteroatoms. The molecule has 0 unspecified atom stereocenters. The summed E-state index contributed by atoms with van der Waals surface area (Å²) in [6.45, 7) is 5.27. The van der Waals surface area contributed by atoms with Gasteiger partial charge in [-0.2, -0.15) is 23.1 Å². The minimum Gasteiger partial charge on any atom is -0.462 e. The molecule has 1 amide bonds. The molecule has 4 heterocycles. The third kappa shape index (κ3) is 6.74. The summed E-state index contributed by atoms with van der Waals surface area (Å²) in [5.74, 6) is 0.0823. The summed E-state index contributed by atoms with van der Waals surface area (Å²) in [6.07, 6.45) is -4.57. The number of carbonyl (C=O) groups is 1. The lowest BCUT2D eigenvalue weighted by molar-refractivity contribution is -0.137. The van der Waals surface area contributed by atoms with Crippen molar-refractivity contribution >= 4 is 40.0 Å². The number of nitrogens with zero attached hydrogens (tertiary/aromatic N) is 6. The van der Waals surface area contributed by atoms with Gasteiger partial charge in [0.25, 0.3) is 6.43 Å². The number of fused-ring (bicyclic) bond motifs is 1. The molecule has 9 nitrogen and oxygen atoms in total. The molecule has 2 aliphatic heterocycles. The number of likely N-dealkylation sites (tertiary alicyclic amines) is 1. The first kappa shape index (κ1) is 30.7. The second-order valence-corrected chi connectivity index (χ2v) is 10.7. The van der Waals surface area contributed by atoms with Crippen LogP contribution >= 0.6 is 11.6 Å². The Hall–Kier alpha value is -3.78. The number of halogens is 6. The number of nitrogen functional groups attached to an aromatic ring is 1. The summed E-state index contributed by atoms with van der Waals surface area (Å²) < 4.78 is 73.7. The fourth-order valence-corrected chi connectivity index (χ4v) is 5.70. The standard InChI is InChI=1S/C28H29ClF5N7O2/c1-2-24(42)39-8-10-40(11-9-39)26-18-12-20(29)17(25-19(28(32,33)34)5-6-23(35)37-25)13-21(18)36-27(38-26)43-15-16-4-3-7-41(16)14-22(30)31/h2,5-6,12-13,16,22H,1,3-4,7-11,14-15H2,(H2,35,37)/t16-/m1/s1. The van der Waals surface area contributed by atoms with Gasteiger partial charge in [-0.3, -0.25) is 9.69 Å². The Morgan fingerprint density at radius 2 is 1.88 bits per heavy atom. The number of hydrogen-bond acceptors (Lipinski definition) is 8. The van der Waals surface area contributed by atoms with Crippen LogP contribution in [0.1, 0.15) is 18.4 Å². The molecule has 2 aromatic heterocycles. The molecule has 2 saturated heterocycles. The van der Waals surface area contributed by atoms with Crippen molar-refractivity contribution in [2.45, 2.75) is 31.5 Å². The summed E-state index contributed by atoms with van der Waals surface area (Å²) in [5, 5.41) is 0.422. The molecule has 2 fully saturated rings. The zero-order chi connectivity index (χ0) is 30.9. The first-order valence-corrected chi connectivity index (χ1v) is 14.0. The maximum Gasteiger partial charge on any atom is 0.418 e. The highest BCUT2D eigenvalue weighted by Crippen LogP contribution is 2.41. The molecule has 0 saturated carbocycles. The first-order chi connectivity index (χ1) is 20.4. The Morgan fingerprint density at radius 3 is 2.56 bits per heavy atom. The van der Waals surface area contributed by atoms with E-state index >= 15 is 0 Å². The van der Waals surface area contributed by atoms with E-state index in [-0.39, 0.29) is 53.0 Å². The van der Waals surface area contributed by atoms with Gasteiger partial charge in [0, 0.05) is 43.2 Å². The molecule has 2 N–H and O–H groups in total. The van der Waals surface area contributed by atoms with E-state index in [2.05, 4.69) is 21.5 Å². The Labute approximate surface area is 249 Å². The van der Waals surface area contributed by atoms with E-state index in [4.69, 9.17) is 22.1 Å². The van der Waals surface area contributed by atoms with Crippen molar-refractivity contribution in [3.63, 3.8) is 0 Å². The number of rotatable bonds is 8. The number of pyridine rings is 1. The minimum atomic E-state index is -4.73. The van der Waals surface area contributed by atoms with Gasteiger partial charge in [0.2, 0.25) is 5.91 Å². The molecule has 0 aliphatic carbocycles. The van der Waals surface area contributed by atoms with Gasteiger partial charge in [-0.1, -0.05) is 18.2 Å². The quantitative estimate of drug-likeness (QED) is 0.279. The highest BCUT2D eigenvalue weighted by molar-refractivity contribution is 6.34. The predicted molar refractivity (Wildman–Crippen MR) is 152 cm³/mol. The van der Waals surface area contributed by atoms with Crippen LogP contribution in [0.5, 0.6) is 6.01 Å². The van der Waals surface area contributed by atoms with Crippen molar-refractivity contribution in [1.29, 1.82) is 0 Å². The molecule has 0 radical (unpaired) electrons. The average Bonchev–Trinajstić information content (AvgIpc) is 3.40. The van der Waals surface area contributed by atoms with Crippen LogP contribution in [0, 0.1) is 0 Å². The van der Waals surface area contributed by atoms with Crippen LogP contribution in [0.15, 0.2) is 36.9 Å². The number of hydrogen-bond donors (Lipinski definition) is 1. The largest absolute Gasteiger partial charge is 0.462 e. The Morgan fingerprint density at radius 1 is 1.14 bits per heavy atom. The molecule has 1 atom stereocenters. The topological polar surface area (TPSA) is 101 Å². The lowest BCUT2D eigenvalue weighted by Crippen LogP contribution is -2.48. The van der Waals surface area contributed by atoms with Crippen molar-refractivity contribution in [2.75, 3.05) is 56.5 Å². The Balaban J connectivity index is 1.55. The normalized spacial score (nSPS) is 18.1. The molecule has 0 spiro atoms. The van der Waals surface area contributed by atoms with Gasteiger partial charge in [-0.25, -0.2) is 13.8 Å². The van der Waals surface area contributed by atoms with E-state index in [9.17, 15) is 26.7 Å². The number of aromatic nitrogens is 3. The molecule has 5 rings (SSSR count). The number of piperazine rings is 1. The predicted octanol–water partition coefficient (Wildman–Crippen LogP) is 4.89. The molecular formula is C28H29ClF5N7O2. The first-order valence-electron chi connectivity index (χ1n) is 13.6. The van der Waals surface area contributed by atoms with Gasteiger partial charge in [-0.05, 0) is 49.7 Å². The zero-order valence-corrected chi connectivity index (χ0v) is 23.7. The molecule has 1 aromatic carbocycles. The fraction of sp³-hybridized carbons (Fsp3) is 0.429. The van der Waals surface area contributed by atoms with Gasteiger partial charge in [0.15, 0.2) is 0 Å². The van der Waals surface area contributed by atoms with Crippen molar-refractivity contribution in [1.82, 2.24) is 24.8 Å². The molecule has 2 aliphatic rings. The second-order valence-electron chi connectivity index (χ2n) is 10.3. The van der Waals surface area contributed by atoms with Gasteiger partial charge >= 0.3 is 12.2 Å². The van der Waals surface area contributed by atoms with E-state index in [1.54, 1.807) is 9.80 Å². The molecule has 43 heavy (non-hydrogen) atoms. The summed E-state index contributed by atoms with van der Waals surface area (Å²) in [7, 11) is 0. The van der Waals surface area contributed by atoms with Crippen LogP contribution in [0.4, 0.5) is 33.6 Å². The smallest absolute Gasteiger partial charge is 0.418 e. The molecular weight excluding hydrogens is 597 g/mol. The van der Waals surface area contributed by atoms with Crippen molar-refractivity contribution in [3.8, 4) is 17.3 Å². The number of ether oxygens (including phenoxy) is 1. The number of carbonyl (C=O) groups excluding carboxylic acids is 1. The van der Waals surface area contributed by atoms with E-state index in [1.165, 1.54) is 18.2 Å². The monoisotopic (exact) mass is 625 g/mol. The number of nitrogens with two attached hydrogens (primary N) is 1. The van der Waals surface area contributed by atoms with E-state index in [0.29, 0.717) is 50.3 Å². The lowest BCUT2D eigenvalue weighted by atomic mass is 10.0. The van der Waals surface area contributed by atoms with Crippen molar-refractivity contribution in [2.24, 2.45) is 0 Å². The molecule has 0 bridgehead atoms. The maximum atomic E-state index is 13.9.